The Morgan fingerprint density at radius 1 is 1.24 bits per heavy atom. The van der Waals surface area contributed by atoms with Crippen LogP contribution in [0.3, 0.4) is 0 Å². The van der Waals surface area contributed by atoms with Gasteiger partial charge in [0.25, 0.3) is 0 Å². The van der Waals surface area contributed by atoms with E-state index < -0.39 is 0 Å². The van der Waals surface area contributed by atoms with Crippen molar-refractivity contribution in [1.82, 2.24) is 4.90 Å². The number of hydrogen-bond acceptors (Lipinski definition) is 2. The van der Waals surface area contributed by atoms with Gasteiger partial charge in [0.1, 0.15) is 0 Å². The SMILES string of the molecule is Nc1ccc(CN(CC2CC2)C2CC2)c(Br)c1. The number of anilines is 1. The molecule has 0 amide bonds. The van der Waals surface area contributed by atoms with Gasteiger partial charge < -0.3 is 5.73 Å². The predicted octanol–water partition coefficient (Wildman–Crippen LogP) is 3.41. The van der Waals surface area contributed by atoms with Crippen molar-refractivity contribution in [2.75, 3.05) is 12.3 Å². The van der Waals surface area contributed by atoms with Crippen molar-refractivity contribution in [2.45, 2.75) is 38.3 Å². The molecule has 0 unspecified atom stereocenters. The maximum Gasteiger partial charge on any atom is 0.0325 e. The smallest absolute Gasteiger partial charge is 0.0325 e. The van der Waals surface area contributed by atoms with Crippen molar-refractivity contribution in [1.29, 1.82) is 0 Å². The van der Waals surface area contributed by atoms with E-state index >= 15 is 0 Å². The summed E-state index contributed by atoms with van der Waals surface area (Å²) in [5.41, 5.74) is 7.98. The second-order valence-corrected chi connectivity index (χ2v) is 6.31. The fourth-order valence-corrected chi connectivity index (χ4v) is 2.85. The predicted molar refractivity (Wildman–Crippen MR) is 74.7 cm³/mol. The van der Waals surface area contributed by atoms with E-state index in [-0.39, 0.29) is 0 Å². The molecule has 0 heterocycles. The van der Waals surface area contributed by atoms with Gasteiger partial charge in [-0.25, -0.2) is 0 Å². The molecule has 0 atom stereocenters. The van der Waals surface area contributed by atoms with Crippen molar-refractivity contribution in [2.24, 2.45) is 5.92 Å². The Hall–Kier alpha value is -0.540. The Kier molecular flexibility index (Phi) is 3.14. The molecule has 3 heteroatoms. The fourth-order valence-electron chi connectivity index (χ4n) is 2.33. The lowest BCUT2D eigenvalue weighted by Crippen LogP contribution is -2.28. The van der Waals surface area contributed by atoms with Crippen LogP contribution in [0.25, 0.3) is 0 Å². The van der Waals surface area contributed by atoms with Gasteiger partial charge in [0.2, 0.25) is 0 Å². The van der Waals surface area contributed by atoms with Gasteiger partial charge in [-0.3, -0.25) is 4.90 Å². The summed E-state index contributed by atoms with van der Waals surface area (Å²) in [4.78, 5) is 2.66. The molecule has 0 aliphatic heterocycles. The zero-order valence-electron chi connectivity index (χ0n) is 10.0. The third-order valence-corrected chi connectivity index (χ3v) is 4.44. The molecule has 0 bridgehead atoms. The Morgan fingerprint density at radius 2 is 2.00 bits per heavy atom. The van der Waals surface area contributed by atoms with Gasteiger partial charge in [0, 0.05) is 29.3 Å². The Morgan fingerprint density at radius 3 is 2.59 bits per heavy atom. The average Bonchev–Trinajstić information content (AvgIpc) is 3.14. The highest BCUT2D eigenvalue weighted by molar-refractivity contribution is 9.10. The first-order valence-electron chi connectivity index (χ1n) is 6.50. The molecular formula is C14H19BrN2. The van der Waals surface area contributed by atoms with Gasteiger partial charge >= 0.3 is 0 Å². The minimum atomic E-state index is 0.834. The first-order chi connectivity index (χ1) is 8.22. The zero-order valence-corrected chi connectivity index (χ0v) is 11.6. The highest BCUT2D eigenvalue weighted by Crippen LogP contribution is 2.36. The number of nitrogen functional groups attached to an aromatic ring is 1. The summed E-state index contributed by atoms with van der Waals surface area (Å²) in [6.07, 6.45) is 5.65. The maximum absolute atomic E-state index is 5.78. The van der Waals surface area contributed by atoms with Crippen LogP contribution in [0.5, 0.6) is 0 Å². The highest BCUT2D eigenvalue weighted by atomic mass is 79.9. The summed E-state index contributed by atoms with van der Waals surface area (Å²) < 4.78 is 1.15. The molecule has 92 valence electrons. The molecule has 0 saturated heterocycles. The van der Waals surface area contributed by atoms with Crippen LogP contribution in [0.2, 0.25) is 0 Å². The van der Waals surface area contributed by atoms with E-state index in [1.807, 2.05) is 12.1 Å². The number of benzene rings is 1. The highest BCUT2D eigenvalue weighted by Gasteiger charge is 2.33. The van der Waals surface area contributed by atoms with Gasteiger partial charge in [0.15, 0.2) is 0 Å². The van der Waals surface area contributed by atoms with E-state index in [0.717, 1.165) is 28.7 Å². The fraction of sp³-hybridized carbons (Fsp3) is 0.571. The van der Waals surface area contributed by atoms with E-state index in [2.05, 4.69) is 26.9 Å². The monoisotopic (exact) mass is 294 g/mol. The quantitative estimate of drug-likeness (QED) is 0.844. The molecule has 2 N–H and O–H groups in total. The van der Waals surface area contributed by atoms with Gasteiger partial charge in [-0.2, -0.15) is 0 Å². The van der Waals surface area contributed by atoms with E-state index in [1.54, 1.807) is 0 Å². The topological polar surface area (TPSA) is 29.3 Å². The summed E-state index contributed by atoms with van der Waals surface area (Å²) in [5, 5.41) is 0. The van der Waals surface area contributed by atoms with Crippen LogP contribution in [0.1, 0.15) is 31.2 Å². The van der Waals surface area contributed by atoms with Crippen LogP contribution in [-0.4, -0.2) is 17.5 Å². The largest absolute Gasteiger partial charge is 0.399 e. The average molecular weight is 295 g/mol. The molecule has 1 aromatic rings. The first kappa shape index (κ1) is 11.5. The summed E-state index contributed by atoms with van der Waals surface area (Å²) in [6, 6.07) is 7.02. The Labute approximate surface area is 111 Å². The van der Waals surface area contributed by atoms with E-state index in [1.165, 1.54) is 37.8 Å². The minimum absolute atomic E-state index is 0.834. The first-order valence-corrected chi connectivity index (χ1v) is 7.29. The lowest BCUT2D eigenvalue weighted by atomic mass is 10.2. The molecule has 0 spiro atoms. The molecular weight excluding hydrogens is 276 g/mol. The molecule has 2 fully saturated rings. The molecule has 2 nitrogen and oxygen atoms in total. The van der Waals surface area contributed by atoms with Crippen LogP contribution >= 0.6 is 15.9 Å². The molecule has 0 aromatic heterocycles. The van der Waals surface area contributed by atoms with Crippen molar-refractivity contribution in [3.63, 3.8) is 0 Å². The van der Waals surface area contributed by atoms with Crippen molar-refractivity contribution < 1.29 is 0 Å². The second-order valence-electron chi connectivity index (χ2n) is 5.45. The summed E-state index contributed by atoms with van der Waals surface area (Å²) in [7, 11) is 0. The molecule has 17 heavy (non-hydrogen) atoms. The molecule has 2 aliphatic rings. The molecule has 0 radical (unpaired) electrons. The normalized spacial score (nSPS) is 19.9. The summed E-state index contributed by atoms with van der Waals surface area (Å²) in [6.45, 7) is 2.36. The van der Waals surface area contributed by atoms with Crippen LogP contribution in [0, 0.1) is 5.92 Å². The number of halogens is 1. The standard InChI is InChI=1S/C14H19BrN2/c15-14-7-12(16)4-3-11(14)9-17(13-5-6-13)8-10-1-2-10/h3-4,7,10,13H,1-2,5-6,8-9,16H2. The van der Waals surface area contributed by atoms with Crippen molar-refractivity contribution in [3.8, 4) is 0 Å². The van der Waals surface area contributed by atoms with Gasteiger partial charge in [-0.05, 0) is 49.3 Å². The second kappa shape index (κ2) is 4.62. The van der Waals surface area contributed by atoms with Crippen molar-refractivity contribution in [3.05, 3.63) is 28.2 Å². The maximum atomic E-state index is 5.78. The van der Waals surface area contributed by atoms with Crippen LogP contribution < -0.4 is 5.73 Å². The lowest BCUT2D eigenvalue weighted by molar-refractivity contribution is 0.243. The third-order valence-electron chi connectivity index (χ3n) is 3.70. The van der Waals surface area contributed by atoms with Gasteiger partial charge in [0.05, 0.1) is 0 Å². The van der Waals surface area contributed by atoms with E-state index in [9.17, 15) is 0 Å². The van der Waals surface area contributed by atoms with Gasteiger partial charge in [-0.1, -0.05) is 22.0 Å². The lowest BCUT2D eigenvalue weighted by Gasteiger charge is -2.22. The molecule has 3 rings (SSSR count). The van der Waals surface area contributed by atoms with E-state index in [0.29, 0.717) is 0 Å². The third kappa shape index (κ3) is 3.02. The Balaban J connectivity index is 1.69. The molecule has 2 saturated carbocycles. The van der Waals surface area contributed by atoms with Crippen molar-refractivity contribution >= 4 is 21.6 Å². The number of hydrogen-bond donors (Lipinski definition) is 1. The zero-order chi connectivity index (χ0) is 11.8. The van der Waals surface area contributed by atoms with Gasteiger partial charge in [-0.15, -0.1) is 0 Å². The minimum Gasteiger partial charge on any atom is -0.399 e. The number of nitrogens with two attached hydrogens (primary N) is 1. The van der Waals surface area contributed by atoms with Crippen LogP contribution in [0.15, 0.2) is 22.7 Å². The van der Waals surface area contributed by atoms with Crippen LogP contribution in [0.4, 0.5) is 5.69 Å². The van der Waals surface area contributed by atoms with E-state index in [4.69, 9.17) is 5.73 Å². The summed E-state index contributed by atoms with van der Waals surface area (Å²) in [5.74, 6) is 0.975. The Bertz CT molecular complexity index is 411. The van der Waals surface area contributed by atoms with Crippen LogP contribution in [-0.2, 0) is 6.54 Å². The molecule has 2 aliphatic carbocycles. The summed E-state index contributed by atoms with van der Waals surface area (Å²) >= 11 is 3.62. The number of nitrogens with zero attached hydrogens (tertiary/aromatic N) is 1. The molecule has 1 aromatic carbocycles. The number of rotatable bonds is 5.